The van der Waals surface area contributed by atoms with Gasteiger partial charge in [0.2, 0.25) is 0 Å². The van der Waals surface area contributed by atoms with Crippen molar-refractivity contribution < 1.29 is 19.0 Å². The van der Waals surface area contributed by atoms with E-state index in [4.69, 9.17) is 19.9 Å². The van der Waals surface area contributed by atoms with E-state index in [0.717, 1.165) is 12.8 Å². The van der Waals surface area contributed by atoms with Gasteiger partial charge in [-0.3, -0.25) is 0 Å². The zero-order chi connectivity index (χ0) is 13.0. The van der Waals surface area contributed by atoms with Crippen molar-refractivity contribution >= 4 is 11.7 Å². The van der Waals surface area contributed by atoms with Gasteiger partial charge in [-0.15, -0.1) is 0 Å². The Kier molecular flexibility index (Phi) is 4.04. The molecule has 0 unspecified atom stereocenters. The van der Waals surface area contributed by atoms with Crippen LogP contribution in [0.25, 0.3) is 0 Å². The fourth-order valence-electron chi connectivity index (χ4n) is 1.87. The lowest BCUT2D eigenvalue weighted by Crippen LogP contribution is -2.26. The van der Waals surface area contributed by atoms with Crippen LogP contribution in [0.3, 0.4) is 0 Å². The zero-order valence-corrected chi connectivity index (χ0v) is 10.3. The minimum absolute atomic E-state index is 0.0707. The molecule has 5 heteroatoms. The lowest BCUT2D eigenvalue weighted by molar-refractivity contribution is -0.0159. The predicted octanol–water partition coefficient (Wildman–Crippen LogP) is 1.61. The Morgan fingerprint density at radius 3 is 2.72 bits per heavy atom. The third-order valence-electron chi connectivity index (χ3n) is 2.84. The minimum atomic E-state index is -0.368. The van der Waals surface area contributed by atoms with Gasteiger partial charge in [-0.2, -0.15) is 0 Å². The average molecular weight is 251 g/mol. The topological polar surface area (TPSA) is 70.8 Å². The van der Waals surface area contributed by atoms with E-state index >= 15 is 0 Å². The van der Waals surface area contributed by atoms with Gasteiger partial charge < -0.3 is 19.9 Å². The highest BCUT2D eigenvalue weighted by molar-refractivity contribution is 5.91. The molecule has 5 nitrogen and oxygen atoms in total. The number of nitrogens with two attached hydrogens (primary N) is 1. The summed E-state index contributed by atoms with van der Waals surface area (Å²) >= 11 is 0. The number of carbonyl (C=O) groups excluding carboxylic acids is 1. The number of ether oxygens (including phenoxy) is 3. The first-order valence-electron chi connectivity index (χ1n) is 5.92. The maximum Gasteiger partial charge on any atom is 0.338 e. The van der Waals surface area contributed by atoms with Gasteiger partial charge in [0.1, 0.15) is 11.9 Å². The van der Waals surface area contributed by atoms with Crippen LogP contribution in [0.2, 0.25) is 0 Å². The smallest absolute Gasteiger partial charge is 0.338 e. The molecule has 0 bridgehead atoms. The van der Waals surface area contributed by atoms with Crippen molar-refractivity contribution in [2.75, 3.05) is 26.1 Å². The summed E-state index contributed by atoms with van der Waals surface area (Å²) in [6.45, 7) is 1.27. The molecule has 0 amide bonds. The fourth-order valence-corrected chi connectivity index (χ4v) is 1.87. The number of rotatable bonds is 3. The van der Waals surface area contributed by atoms with Crippen molar-refractivity contribution in [3.63, 3.8) is 0 Å². The number of carbonyl (C=O) groups is 1. The molecular formula is C13H17NO4. The molecule has 2 rings (SSSR count). The zero-order valence-electron chi connectivity index (χ0n) is 10.3. The van der Waals surface area contributed by atoms with Crippen LogP contribution in [0, 0.1) is 0 Å². The second kappa shape index (κ2) is 5.73. The fraction of sp³-hybridized carbons (Fsp3) is 0.462. The van der Waals surface area contributed by atoms with Crippen LogP contribution in [0.1, 0.15) is 23.2 Å². The normalized spacial score (nSPS) is 16.3. The Hall–Kier alpha value is -1.75. The number of esters is 1. The SMILES string of the molecule is COc1cc(N)cc(C(=O)OC2CCOCC2)c1. The van der Waals surface area contributed by atoms with Crippen LogP contribution in [0.15, 0.2) is 18.2 Å². The third kappa shape index (κ3) is 3.13. The molecule has 1 fully saturated rings. The largest absolute Gasteiger partial charge is 0.497 e. The molecule has 0 saturated carbocycles. The first kappa shape index (κ1) is 12.7. The summed E-state index contributed by atoms with van der Waals surface area (Å²) in [5.41, 5.74) is 6.59. The highest BCUT2D eigenvalue weighted by atomic mass is 16.6. The number of methoxy groups -OCH3 is 1. The van der Waals surface area contributed by atoms with Crippen molar-refractivity contribution in [1.29, 1.82) is 0 Å². The number of benzene rings is 1. The maximum absolute atomic E-state index is 12.0. The molecule has 2 N–H and O–H groups in total. The molecule has 1 heterocycles. The quantitative estimate of drug-likeness (QED) is 0.653. The van der Waals surface area contributed by atoms with Gasteiger partial charge in [0.15, 0.2) is 0 Å². The summed E-state index contributed by atoms with van der Waals surface area (Å²) in [5.74, 6) is 0.182. The molecule has 0 aromatic heterocycles. The van der Waals surface area contributed by atoms with E-state index in [1.807, 2.05) is 0 Å². The molecule has 0 aliphatic carbocycles. The van der Waals surface area contributed by atoms with E-state index in [0.29, 0.717) is 30.2 Å². The summed E-state index contributed by atoms with van der Waals surface area (Å²) in [4.78, 5) is 12.0. The molecule has 1 aromatic carbocycles. The summed E-state index contributed by atoms with van der Waals surface area (Å²) in [6.07, 6.45) is 1.41. The number of hydrogen-bond acceptors (Lipinski definition) is 5. The van der Waals surface area contributed by atoms with Crippen LogP contribution >= 0.6 is 0 Å². The van der Waals surface area contributed by atoms with Gasteiger partial charge in [-0.05, 0) is 12.1 Å². The molecule has 1 aliphatic rings. The van der Waals surface area contributed by atoms with Crippen molar-refractivity contribution in [3.8, 4) is 5.75 Å². The van der Waals surface area contributed by atoms with Gasteiger partial charge in [0.25, 0.3) is 0 Å². The lowest BCUT2D eigenvalue weighted by Gasteiger charge is -2.22. The summed E-state index contributed by atoms with van der Waals surface area (Å²) in [5, 5.41) is 0. The summed E-state index contributed by atoms with van der Waals surface area (Å²) in [6, 6.07) is 4.87. The molecule has 1 aromatic rings. The van der Waals surface area contributed by atoms with Crippen LogP contribution in [-0.2, 0) is 9.47 Å². The van der Waals surface area contributed by atoms with Crippen molar-refractivity contribution in [3.05, 3.63) is 23.8 Å². The monoisotopic (exact) mass is 251 g/mol. The van der Waals surface area contributed by atoms with E-state index in [2.05, 4.69) is 0 Å². The molecule has 1 aliphatic heterocycles. The number of hydrogen-bond donors (Lipinski definition) is 1. The standard InChI is InChI=1S/C13H17NO4/c1-16-12-7-9(6-10(14)8-12)13(15)18-11-2-4-17-5-3-11/h6-8,11H,2-5,14H2,1H3. The highest BCUT2D eigenvalue weighted by Crippen LogP contribution is 2.20. The van der Waals surface area contributed by atoms with Gasteiger partial charge in [-0.1, -0.05) is 0 Å². The Bertz CT molecular complexity index is 427. The molecule has 18 heavy (non-hydrogen) atoms. The van der Waals surface area contributed by atoms with E-state index in [1.54, 1.807) is 18.2 Å². The minimum Gasteiger partial charge on any atom is -0.497 e. The molecule has 0 radical (unpaired) electrons. The lowest BCUT2D eigenvalue weighted by atomic mass is 10.1. The number of anilines is 1. The van der Waals surface area contributed by atoms with E-state index in [1.165, 1.54) is 7.11 Å². The Morgan fingerprint density at radius 2 is 2.06 bits per heavy atom. The first-order chi connectivity index (χ1) is 8.69. The van der Waals surface area contributed by atoms with E-state index < -0.39 is 0 Å². The van der Waals surface area contributed by atoms with Gasteiger partial charge in [0.05, 0.1) is 25.9 Å². The number of nitrogen functional groups attached to an aromatic ring is 1. The third-order valence-corrected chi connectivity index (χ3v) is 2.84. The Labute approximate surface area is 106 Å². The Balaban J connectivity index is 2.05. The van der Waals surface area contributed by atoms with E-state index in [9.17, 15) is 4.79 Å². The average Bonchev–Trinajstić information content (AvgIpc) is 2.39. The predicted molar refractivity (Wildman–Crippen MR) is 66.7 cm³/mol. The maximum atomic E-state index is 12.0. The summed E-state index contributed by atoms with van der Waals surface area (Å²) < 4.78 is 15.7. The molecule has 0 atom stereocenters. The molecule has 98 valence electrons. The van der Waals surface area contributed by atoms with E-state index in [-0.39, 0.29) is 12.1 Å². The Morgan fingerprint density at radius 1 is 1.33 bits per heavy atom. The van der Waals surface area contributed by atoms with Gasteiger partial charge in [0, 0.05) is 24.6 Å². The van der Waals surface area contributed by atoms with Crippen LogP contribution in [0.5, 0.6) is 5.75 Å². The molecule has 0 spiro atoms. The van der Waals surface area contributed by atoms with Crippen LogP contribution in [-0.4, -0.2) is 32.4 Å². The van der Waals surface area contributed by atoms with Gasteiger partial charge >= 0.3 is 5.97 Å². The van der Waals surface area contributed by atoms with Crippen molar-refractivity contribution in [1.82, 2.24) is 0 Å². The van der Waals surface area contributed by atoms with Crippen molar-refractivity contribution in [2.45, 2.75) is 18.9 Å². The van der Waals surface area contributed by atoms with Gasteiger partial charge in [-0.25, -0.2) is 4.79 Å². The molecule has 1 saturated heterocycles. The van der Waals surface area contributed by atoms with Crippen molar-refractivity contribution in [2.24, 2.45) is 0 Å². The van der Waals surface area contributed by atoms with Crippen LogP contribution < -0.4 is 10.5 Å². The summed E-state index contributed by atoms with van der Waals surface area (Å²) in [7, 11) is 1.53. The van der Waals surface area contributed by atoms with Crippen LogP contribution in [0.4, 0.5) is 5.69 Å². The first-order valence-corrected chi connectivity index (χ1v) is 5.92. The molecular weight excluding hydrogens is 234 g/mol. The second-order valence-corrected chi connectivity index (χ2v) is 4.21. The highest BCUT2D eigenvalue weighted by Gasteiger charge is 2.19. The second-order valence-electron chi connectivity index (χ2n) is 4.21.